The third-order valence-electron chi connectivity index (χ3n) is 2.87. The van der Waals surface area contributed by atoms with Crippen molar-refractivity contribution in [2.75, 3.05) is 13.2 Å². The van der Waals surface area contributed by atoms with Crippen LogP contribution in [0.4, 0.5) is 0 Å². The van der Waals surface area contributed by atoms with Gasteiger partial charge in [0.2, 0.25) is 0 Å². The van der Waals surface area contributed by atoms with E-state index in [9.17, 15) is 4.79 Å². The molecule has 20 heavy (non-hydrogen) atoms. The Labute approximate surface area is 117 Å². The van der Waals surface area contributed by atoms with Crippen LogP contribution >= 0.6 is 0 Å². The minimum Gasteiger partial charge on any atom is -0.396 e. The highest BCUT2D eigenvalue weighted by molar-refractivity contribution is 5.91. The van der Waals surface area contributed by atoms with Gasteiger partial charge < -0.3 is 10.4 Å². The minimum absolute atomic E-state index is 0.00395. The Balaban J connectivity index is 2.04. The van der Waals surface area contributed by atoms with Gasteiger partial charge in [-0.3, -0.25) is 4.79 Å². The summed E-state index contributed by atoms with van der Waals surface area (Å²) in [5.74, 6) is -0.297. The molecule has 1 aromatic carbocycles. The molecular formula is C14H18N4O2. The summed E-state index contributed by atoms with van der Waals surface area (Å²) in [7, 11) is 0. The predicted molar refractivity (Wildman–Crippen MR) is 74.6 cm³/mol. The van der Waals surface area contributed by atoms with Gasteiger partial charge in [0.05, 0.1) is 11.9 Å². The number of rotatable bonds is 5. The quantitative estimate of drug-likeness (QED) is 0.853. The van der Waals surface area contributed by atoms with Crippen molar-refractivity contribution in [3.8, 4) is 5.69 Å². The van der Waals surface area contributed by atoms with Gasteiger partial charge in [-0.2, -0.15) is 9.90 Å². The monoisotopic (exact) mass is 274 g/mol. The summed E-state index contributed by atoms with van der Waals surface area (Å²) in [5, 5.41) is 20.1. The molecule has 106 valence electrons. The molecule has 0 atom stereocenters. The number of hydrogen-bond donors (Lipinski definition) is 2. The number of nitrogens with one attached hydrogen (secondary N) is 1. The largest absolute Gasteiger partial charge is 0.396 e. The highest BCUT2D eigenvalue weighted by atomic mass is 16.3. The molecule has 0 spiro atoms. The van der Waals surface area contributed by atoms with Gasteiger partial charge in [0.1, 0.15) is 0 Å². The molecule has 1 heterocycles. The van der Waals surface area contributed by atoms with Gasteiger partial charge in [-0.25, -0.2) is 0 Å². The lowest BCUT2D eigenvalue weighted by atomic mass is 9.95. The van der Waals surface area contributed by atoms with Gasteiger partial charge in [-0.05, 0) is 12.1 Å². The van der Waals surface area contributed by atoms with E-state index in [0.717, 1.165) is 5.69 Å². The fourth-order valence-electron chi connectivity index (χ4n) is 1.52. The molecule has 0 aliphatic rings. The fraction of sp³-hybridized carbons (Fsp3) is 0.357. The second kappa shape index (κ2) is 5.83. The molecule has 6 nitrogen and oxygen atoms in total. The smallest absolute Gasteiger partial charge is 0.273 e. The van der Waals surface area contributed by atoms with Crippen molar-refractivity contribution in [3.63, 3.8) is 0 Å². The second-order valence-corrected chi connectivity index (χ2v) is 5.36. The summed E-state index contributed by atoms with van der Waals surface area (Å²) in [5.41, 5.74) is 0.690. The normalized spacial score (nSPS) is 11.3. The van der Waals surface area contributed by atoms with Crippen LogP contribution in [0.5, 0.6) is 0 Å². The fourth-order valence-corrected chi connectivity index (χ4v) is 1.52. The first-order chi connectivity index (χ1) is 9.52. The number of benzene rings is 1. The first-order valence-corrected chi connectivity index (χ1v) is 6.39. The standard InChI is InChI=1S/C14H18N4O2/c1-14(2,10-19)9-15-13(20)12-8-16-18(17-12)11-6-4-3-5-7-11/h3-8,19H,9-10H2,1-2H3,(H,15,20). The number of aliphatic hydroxyl groups excluding tert-OH is 1. The first kappa shape index (κ1) is 14.2. The molecule has 1 aromatic heterocycles. The van der Waals surface area contributed by atoms with E-state index in [4.69, 9.17) is 5.11 Å². The van der Waals surface area contributed by atoms with E-state index in [0.29, 0.717) is 6.54 Å². The van der Waals surface area contributed by atoms with Crippen molar-refractivity contribution in [1.29, 1.82) is 0 Å². The van der Waals surface area contributed by atoms with Gasteiger partial charge in [0.25, 0.3) is 5.91 Å². The number of para-hydroxylation sites is 1. The molecule has 0 saturated heterocycles. The van der Waals surface area contributed by atoms with Crippen LogP contribution in [-0.2, 0) is 0 Å². The van der Waals surface area contributed by atoms with E-state index in [1.54, 1.807) is 0 Å². The number of aliphatic hydroxyl groups is 1. The van der Waals surface area contributed by atoms with Crippen LogP contribution in [0.15, 0.2) is 36.5 Å². The van der Waals surface area contributed by atoms with Crippen molar-refractivity contribution in [1.82, 2.24) is 20.3 Å². The molecule has 0 saturated carbocycles. The van der Waals surface area contributed by atoms with E-state index in [-0.39, 0.29) is 23.6 Å². The molecule has 0 aliphatic carbocycles. The number of aromatic nitrogens is 3. The number of carbonyl (C=O) groups excluding carboxylic acids is 1. The lowest BCUT2D eigenvalue weighted by molar-refractivity contribution is 0.0905. The van der Waals surface area contributed by atoms with Crippen LogP contribution in [0, 0.1) is 5.41 Å². The van der Waals surface area contributed by atoms with Gasteiger partial charge >= 0.3 is 0 Å². The first-order valence-electron chi connectivity index (χ1n) is 6.39. The average Bonchev–Trinajstić information content (AvgIpc) is 2.96. The van der Waals surface area contributed by atoms with Gasteiger partial charge in [0.15, 0.2) is 5.69 Å². The average molecular weight is 274 g/mol. The lowest BCUT2D eigenvalue weighted by Crippen LogP contribution is -2.36. The maximum Gasteiger partial charge on any atom is 0.273 e. The molecule has 2 rings (SSSR count). The topological polar surface area (TPSA) is 80.0 Å². The Morgan fingerprint density at radius 3 is 2.70 bits per heavy atom. The molecular weight excluding hydrogens is 256 g/mol. The molecule has 2 N–H and O–H groups in total. The Bertz CT molecular complexity index is 578. The van der Waals surface area contributed by atoms with Crippen LogP contribution < -0.4 is 5.32 Å². The highest BCUT2D eigenvalue weighted by Gasteiger charge is 2.19. The van der Waals surface area contributed by atoms with Crippen molar-refractivity contribution < 1.29 is 9.90 Å². The molecule has 2 aromatic rings. The van der Waals surface area contributed by atoms with Gasteiger partial charge in [0, 0.05) is 18.6 Å². The van der Waals surface area contributed by atoms with Crippen molar-refractivity contribution in [3.05, 3.63) is 42.2 Å². The number of amides is 1. The van der Waals surface area contributed by atoms with Crippen molar-refractivity contribution in [2.45, 2.75) is 13.8 Å². The molecule has 0 radical (unpaired) electrons. The second-order valence-electron chi connectivity index (χ2n) is 5.36. The summed E-state index contributed by atoms with van der Waals surface area (Å²) in [6.45, 7) is 4.12. The van der Waals surface area contributed by atoms with Crippen molar-refractivity contribution >= 4 is 5.91 Å². The van der Waals surface area contributed by atoms with Crippen LogP contribution in [0.25, 0.3) is 5.69 Å². The van der Waals surface area contributed by atoms with Gasteiger partial charge in [-0.1, -0.05) is 32.0 Å². The van der Waals surface area contributed by atoms with Crippen LogP contribution in [0.2, 0.25) is 0 Å². The molecule has 0 fully saturated rings. The lowest BCUT2D eigenvalue weighted by Gasteiger charge is -2.21. The SMILES string of the molecule is CC(C)(CO)CNC(=O)c1cnn(-c2ccccc2)n1. The molecule has 0 bridgehead atoms. The zero-order chi connectivity index (χ0) is 14.6. The van der Waals surface area contributed by atoms with Crippen LogP contribution in [0.3, 0.4) is 0 Å². The summed E-state index contributed by atoms with van der Waals surface area (Å²) in [6.07, 6.45) is 1.42. The molecule has 6 heteroatoms. The molecule has 0 aliphatic heterocycles. The van der Waals surface area contributed by atoms with E-state index < -0.39 is 0 Å². The van der Waals surface area contributed by atoms with Crippen molar-refractivity contribution in [2.24, 2.45) is 5.41 Å². The third kappa shape index (κ3) is 3.42. The molecule has 1 amide bonds. The van der Waals surface area contributed by atoms with E-state index in [1.165, 1.54) is 11.0 Å². The summed E-state index contributed by atoms with van der Waals surface area (Å²) < 4.78 is 0. The summed E-state index contributed by atoms with van der Waals surface area (Å²) in [4.78, 5) is 13.4. The zero-order valence-electron chi connectivity index (χ0n) is 11.6. The highest BCUT2D eigenvalue weighted by Crippen LogP contribution is 2.11. The number of carbonyl (C=O) groups is 1. The Morgan fingerprint density at radius 1 is 1.35 bits per heavy atom. The predicted octanol–water partition coefficient (Wildman–Crippen LogP) is 1.02. The number of hydrogen-bond acceptors (Lipinski definition) is 4. The van der Waals surface area contributed by atoms with E-state index >= 15 is 0 Å². The van der Waals surface area contributed by atoms with Crippen LogP contribution in [0.1, 0.15) is 24.3 Å². The Kier molecular flexibility index (Phi) is 4.14. The maximum atomic E-state index is 11.9. The number of nitrogens with zero attached hydrogens (tertiary/aromatic N) is 3. The maximum absolute atomic E-state index is 11.9. The minimum atomic E-state index is -0.356. The Morgan fingerprint density at radius 2 is 2.05 bits per heavy atom. The summed E-state index contributed by atoms with van der Waals surface area (Å²) >= 11 is 0. The zero-order valence-corrected chi connectivity index (χ0v) is 11.6. The van der Waals surface area contributed by atoms with Gasteiger partial charge in [-0.15, -0.1) is 5.10 Å². The third-order valence-corrected chi connectivity index (χ3v) is 2.87. The summed E-state index contributed by atoms with van der Waals surface area (Å²) in [6, 6.07) is 9.37. The van der Waals surface area contributed by atoms with E-state index in [1.807, 2.05) is 44.2 Å². The Hall–Kier alpha value is -2.21. The van der Waals surface area contributed by atoms with Crippen LogP contribution in [-0.4, -0.2) is 39.2 Å². The molecule has 0 unspecified atom stereocenters. The van der Waals surface area contributed by atoms with E-state index in [2.05, 4.69) is 15.5 Å².